The largest absolute Gasteiger partial charge is 0.484 e. The number of hydrogen-bond acceptors (Lipinski definition) is 6. The summed E-state index contributed by atoms with van der Waals surface area (Å²) in [5.74, 6) is -0.0183. The van der Waals surface area contributed by atoms with Crippen LogP contribution in [0, 0.1) is 10.1 Å². The van der Waals surface area contributed by atoms with Crippen LogP contribution in [0.5, 0.6) is 5.75 Å². The molecule has 1 aromatic carbocycles. The van der Waals surface area contributed by atoms with Crippen LogP contribution in [-0.2, 0) is 11.3 Å². The lowest BCUT2D eigenvalue weighted by Gasteiger charge is -2.08. The van der Waals surface area contributed by atoms with Crippen LogP contribution in [0.4, 0.5) is 10.7 Å². The number of nitrogens with zero attached hydrogens (tertiary/aromatic N) is 1. The molecule has 2 rings (SSSR count). The summed E-state index contributed by atoms with van der Waals surface area (Å²) in [5.41, 5.74) is 5.79. The highest BCUT2D eigenvalue weighted by molar-refractivity contribution is 7.15. The van der Waals surface area contributed by atoms with E-state index in [1.54, 1.807) is 24.3 Å². The Morgan fingerprint density at radius 2 is 2.19 bits per heavy atom. The van der Waals surface area contributed by atoms with Crippen LogP contribution in [0.2, 0.25) is 0 Å². The van der Waals surface area contributed by atoms with Crippen LogP contribution in [0.1, 0.15) is 4.88 Å². The molecule has 2 aromatic rings. The van der Waals surface area contributed by atoms with E-state index in [4.69, 9.17) is 10.5 Å². The Labute approximate surface area is 124 Å². The number of ether oxygens (including phenoxy) is 1. The van der Waals surface area contributed by atoms with E-state index in [-0.39, 0.29) is 11.6 Å². The van der Waals surface area contributed by atoms with E-state index < -0.39 is 10.8 Å². The Bertz CT molecular complexity index is 656. The van der Waals surface area contributed by atoms with Crippen molar-refractivity contribution < 1.29 is 14.5 Å². The third-order valence-corrected chi connectivity index (χ3v) is 3.55. The van der Waals surface area contributed by atoms with Crippen molar-refractivity contribution in [1.82, 2.24) is 0 Å². The molecule has 110 valence electrons. The summed E-state index contributed by atoms with van der Waals surface area (Å²) in [4.78, 5) is 21.7. The number of benzene rings is 1. The zero-order valence-electron chi connectivity index (χ0n) is 10.9. The second-order valence-electron chi connectivity index (χ2n) is 4.13. The quantitative estimate of drug-likeness (QED) is 0.602. The van der Waals surface area contributed by atoms with Crippen molar-refractivity contribution in [2.75, 3.05) is 11.9 Å². The molecule has 21 heavy (non-hydrogen) atoms. The minimum atomic E-state index is -0.542. The van der Waals surface area contributed by atoms with Crippen molar-refractivity contribution in [3.63, 3.8) is 0 Å². The molecule has 0 unspecified atom stereocenters. The van der Waals surface area contributed by atoms with Crippen molar-refractivity contribution in [1.29, 1.82) is 0 Å². The van der Waals surface area contributed by atoms with E-state index in [1.165, 1.54) is 6.07 Å². The first-order valence-corrected chi connectivity index (χ1v) is 6.84. The highest BCUT2D eigenvalue weighted by Gasteiger charge is 2.09. The van der Waals surface area contributed by atoms with Crippen LogP contribution in [0.25, 0.3) is 0 Å². The van der Waals surface area contributed by atoms with Crippen molar-refractivity contribution in [2.45, 2.75) is 6.54 Å². The van der Waals surface area contributed by atoms with Crippen molar-refractivity contribution in [3.05, 3.63) is 51.4 Å². The van der Waals surface area contributed by atoms with Gasteiger partial charge >= 0.3 is 5.00 Å². The SMILES string of the molecule is NC(=O)COc1cccc(NCc2ccc([N+](=O)[O-])s2)c1. The van der Waals surface area contributed by atoms with Gasteiger partial charge in [-0.2, -0.15) is 0 Å². The molecule has 7 nitrogen and oxygen atoms in total. The predicted octanol–water partition coefficient (Wildman–Crippen LogP) is 2.13. The molecule has 0 saturated carbocycles. The molecule has 0 radical (unpaired) electrons. The number of primary amides is 1. The number of carbonyl (C=O) groups is 1. The molecule has 0 atom stereocenters. The predicted molar refractivity (Wildman–Crippen MR) is 79.4 cm³/mol. The normalized spacial score (nSPS) is 10.1. The lowest BCUT2D eigenvalue weighted by atomic mass is 10.3. The molecule has 0 spiro atoms. The van der Waals surface area contributed by atoms with Crippen LogP contribution >= 0.6 is 11.3 Å². The number of anilines is 1. The summed E-state index contributed by atoms with van der Waals surface area (Å²) in [7, 11) is 0. The zero-order chi connectivity index (χ0) is 15.2. The second kappa shape index (κ2) is 6.71. The Morgan fingerprint density at radius 3 is 2.86 bits per heavy atom. The standard InChI is InChI=1S/C13H13N3O4S/c14-12(17)8-20-10-3-1-2-9(6-10)15-7-11-4-5-13(21-11)16(18)19/h1-6,15H,7-8H2,(H2,14,17). The highest BCUT2D eigenvalue weighted by Crippen LogP contribution is 2.25. The molecule has 1 amide bonds. The Morgan fingerprint density at radius 1 is 1.38 bits per heavy atom. The van der Waals surface area contributed by atoms with Gasteiger partial charge in [0.1, 0.15) is 5.75 Å². The lowest BCUT2D eigenvalue weighted by molar-refractivity contribution is -0.380. The number of nitrogens with one attached hydrogen (secondary N) is 1. The molecular formula is C13H13N3O4S. The molecule has 0 aliphatic rings. The van der Waals surface area contributed by atoms with E-state index >= 15 is 0 Å². The fourth-order valence-corrected chi connectivity index (χ4v) is 2.36. The molecule has 0 aliphatic carbocycles. The maximum atomic E-state index is 10.7. The summed E-state index contributed by atoms with van der Waals surface area (Å²) in [5, 5.41) is 13.9. The third-order valence-electron chi connectivity index (χ3n) is 2.51. The van der Waals surface area contributed by atoms with Gasteiger partial charge in [0.05, 0.1) is 4.92 Å². The third kappa shape index (κ3) is 4.46. The zero-order valence-corrected chi connectivity index (χ0v) is 11.8. The first-order chi connectivity index (χ1) is 10.0. The van der Waals surface area contributed by atoms with Crippen molar-refractivity contribution in [3.8, 4) is 5.75 Å². The molecule has 0 fully saturated rings. The van der Waals surface area contributed by atoms with Gasteiger partial charge < -0.3 is 15.8 Å². The monoisotopic (exact) mass is 307 g/mol. The Balaban J connectivity index is 1.94. The van der Waals surface area contributed by atoms with Gasteiger partial charge in [-0.25, -0.2) is 0 Å². The summed E-state index contributed by atoms with van der Waals surface area (Å²) < 4.78 is 5.19. The number of hydrogen-bond donors (Lipinski definition) is 2. The lowest BCUT2D eigenvalue weighted by Crippen LogP contribution is -2.20. The van der Waals surface area contributed by atoms with Crippen molar-refractivity contribution >= 4 is 27.9 Å². The van der Waals surface area contributed by atoms with Crippen LogP contribution in [0.15, 0.2) is 36.4 Å². The average molecular weight is 307 g/mol. The molecule has 0 bridgehead atoms. The van der Waals surface area contributed by atoms with Gasteiger partial charge in [-0.05, 0) is 18.2 Å². The van der Waals surface area contributed by atoms with Crippen LogP contribution in [0.3, 0.4) is 0 Å². The summed E-state index contributed by atoms with van der Waals surface area (Å²) in [6, 6.07) is 10.2. The molecule has 3 N–H and O–H groups in total. The number of rotatable bonds is 7. The molecule has 1 heterocycles. The molecule has 8 heteroatoms. The molecular weight excluding hydrogens is 294 g/mol. The van der Waals surface area contributed by atoms with Gasteiger partial charge in [0, 0.05) is 29.2 Å². The average Bonchev–Trinajstić information content (AvgIpc) is 2.92. The first-order valence-electron chi connectivity index (χ1n) is 6.03. The maximum absolute atomic E-state index is 10.7. The Kier molecular flexibility index (Phi) is 4.72. The van der Waals surface area contributed by atoms with Gasteiger partial charge in [0.25, 0.3) is 5.91 Å². The number of amides is 1. The van der Waals surface area contributed by atoms with E-state index in [2.05, 4.69) is 5.32 Å². The topological polar surface area (TPSA) is 107 Å². The van der Waals surface area contributed by atoms with Crippen LogP contribution < -0.4 is 15.8 Å². The summed E-state index contributed by atoms with van der Waals surface area (Å²) in [6.07, 6.45) is 0. The fourth-order valence-electron chi connectivity index (χ4n) is 1.60. The van der Waals surface area contributed by atoms with E-state index in [9.17, 15) is 14.9 Å². The number of thiophene rings is 1. The van der Waals surface area contributed by atoms with Gasteiger partial charge in [0.2, 0.25) is 0 Å². The van der Waals surface area contributed by atoms with E-state index in [0.717, 1.165) is 21.9 Å². The minimum absolute atomic E-state index is 0.116. The fraction of sp³-hybridized carbons (Fsp3) is 0.154. The second-order valence-corrected chi connectivity index (χ2v) is 5.28. The smallest absolute Gasteiger partial charge is 0.324 e. The number of nitro groups is 1. The summed E-state index contributed by atoms with van der Waals surface area (Å²) >= 11 is 1.12. The number of nitrogens with two attached hydrogens (primary N) is 1. The Hall–Kier alpha value is -2.61. The summed E-state index contributed by atoms with van der Waals surface area (Å²) in [6.45, 7) is 0.290. The number of carbonyl (C=O) groups excluding carboxylic acids is 1. The van der Waals surface area contributed by atoms with Gasteiger partial charge in [-0.15, -0.1) is 0 Å². The maximum Gasteiger partial charge on any atom is 0.324 e. The van der Waals surface area contributed by atoms with Gasteiger partial charge in [0.15, 0.2) is 6.61 Å². The van der Waals surface area contributed by atoms with Gasteiger partial charge in [-0.3, -0.25) is 14.9 Å². The van der Waals surface area contributed by atoms with Crippen LogP contribution in [-0.4, -0.2) is 17.4 Å². The van der Waals surface area contributed by atoms with E-state index in [1.807, 2.05) is 6.07 Å². The molecule has 1 aromatic heterocycles. The van der Waals surface area contributed by atoms with Crippen molar-refractivity contribution in [2.24, 2.45) is 5.73 Å². The van der Waals surface area contributed by atoms with Gasteiger partial charge in [-0.1, -0.05) is 17.4 Å². The molecule has 0 saturated heterocycles. The minimum Gasteiger partial charge on any atom is -0.484 e. The molecule has 0 aliphatic heterocycles. The van der Waals surface area contributed by atoms with E-state index in [0.29, 0.717) is 12.3 Å². The highest BCUT2D eigenvalue weighted by atomic mass is 32.1. The first kappa shape index (κ1) is 14.8.